The van der Waals surface area contributed by atoms with Gasteiger partial charge in [0.05, 0.1) is 7.11 Å². The fourth-order valence-corrected chi connectivity index (χ4v) is 4.18. The second-order valence-electron chi connectivity index (χ2n) is 8.23. The molecule has 1 aromatic carbocycles. The Morgan fingerprint density at radius 2 is 2.03 bits per heavy atom. The number of ether oxygens (including phenoxy) is 1. The van der Waals surface area contributed by atoms with Crippen molar-refractivity contribution in [3.63, 3.8) is 0 Å². The Labute approximate surface area is 186 Å². The Kier molecular flexibility index (Phi) is 5.31. The highest BCUT2D eigenvalue weighted by Gasteiger charge is 2.28. The molecule has 1 aliphatic rings. The zero-order chi connectivity index (χ0) is 22.1. The van der Waals surface area contributed by atoms with Crippen LogP contribution in [0, 0.1) is 6.92 Å². The third-order valence-corrected chi connectivity index (χ3v) is 5.95. The highest BCUT2D eigenvalue weighted by molar-refractivity contribution is 5.92. The molecule has 0 spiro atoms. The Morgan fingerprint density at radius 3 is 2.84 bits per heavy atom. The Balaban J connectivity index is 1.38. The van der Waals surface area contributed by atoms with Gasteiger partial charge >= 0.3 is 0 Å². The van der Waals surface area contributed by atoms with E-state index in [1.54, 1.807) is 19.4 Å². The number of likely N-dealkylation sites (tertiary alicyclic amines) is 1. The summed E-state index contributed by atoms with van der Waals surface area (Å²) >= 11 is 0. The van der Waals surface area contributed by atoms with Crippen molar-refractivity contribution in [2.75, 3.05) is 20.2 Å². The summed E-state index contributed by atoms with van der Waals surface area (Å²) in [5, 5.41) is 4.76. The Hall–Kier alpha value is -3.74. The van der Waals surface area contributed by atoms with Gasteiger partial charge in [0.2, 0.25) is 0 Å². The molecule has 4 aromatic rings. The molecule has 1 amide bonds. The van der Waals surface area contributed by atoms with E-state index in [0.29, 0.717) is 12.2 Å². The number of benzene rings is 1. The number of piperidine rings is 1. The number of methoxy groups -OCH3 is 1. The van der Waals surface area contributed by atoms with Crippen LogP contribution >= 0.6 is 0 Å². The fraction of sp³-hybridized carbons (Fsp3) is 0.280. The van der Waals surface area contributed by atoms with Crippen molar-refractivity contribution in [1.29, 1.82) is 0 Å². The first kappa shape index (κ1) is 20.2. The summed E-state index contributed by atoms with van der Waals surface area (Å²) in [4.78, 5) is 23.9. The zero-order valence-corrected chi connectivity index (χ0v) is 18.2. The van der Waals surface area contributed by atoms with Gasteiger partial charge in [-0.15, -0.1) is 0 Å². The van der Waals surface area contributed by atoms with Crippen LogP contribution in [0.15, 0.2) is 60.9 Å². The normalized spacial score (nSPS) is 16.3. The van der Waals surface area contributed by atoms with Crippen LogP contribution in [-0.2, 0) is 0 Å². The molecule has 1 saturated heterocycles. The second-order valence-corrected chi connectivity index (χ2v) is 8.23. The highest BCUT2D eigenvalue weighted by Crippen LogP contribution is 2.28. The molecule has 0 saturated carbocycles. The molecule has 7 heteroatoms. The van der Waals surface area contributed by atoms with Crippen molar-refractivity contribution >= 4 is 11.6 Å². The average molecular weight is 428 g/mol. The van der Waals surface area contributed by atoms with Crippen LogP contribution in [-0.4, -0.2) is 50.6 Å². The molecule has 32 heavy (non-hydrogen) atoms. The molecular weight excluding hydrogens is 402 g/mol. The molecule has 0 unspecified atom stereocenters. The van der Waals surface area contributed by atoms with Crippen molar-refractivity contribution in [3.8, 4) is 16.9 Å². The van der Waals surface area contributed by atoms with E-state index < -0.39 is 0 Å². The minimum atomic E-state index is -0.0289. The summed E-state index contributed by atoms with van der Waals surface area (Å²) < 4.78 is 7.17. The lowest BCUT2D eigenvalue weighted by molar-refractivity contribution is 0.0698. The Bertz CT molecular complexity index is 1270. The average Bonchev–Trinajstić information content (AvgIpc) is 3.28. The molecule has 0 aliphatic carbocycles. The van der Waals surface area contributed by atoms with Crippen molar-refractivity contribution < 1.29 is 9.53 Å². The largest absolute Gasteiger partial charge is 0.497 e. The highest BCUT2D eigenvalue weighted by atomic mass is 16.5. The number of aryl methyl sites for hydroxylation is 1. The fourth-order valence-electron chi connectivity index (χ4n) is 4.18. The van der Waals surface area contributed by atoms with Gasteiger partial charge in [0.15, 0.2) is 11.5 Å². The molecule has 3 aromatic heterocycles. The van der Waals surface area contributed by atoms with Crippen LogP contribution in [0.3, 0.4) is 0 Å². The standard InChI is InChI=1S/C25H25N5O2/c1-17-8-10-22(26-14-17)25(31)29-12-4-6-20(15-29)24-27-23-11-9-19(16-30(23)28-24)18-5-3-7-21(13-18)32-2/h3,5,7-11,13-14,16,20H,4,6,12,15H2,1-2H3/t20-/m0/s1. The van der Waals surface area contributed by atoms with E-state index in [-0.39, 0.29) is 11.8 Å². The van der Waals surface area contributed by atoms with Crippen molar-refractivity contribution in [3.05, 3.63) is 78.0 Å². The van der Waals surface area contributed by atoms with Crippen molar-refractivity contribution in [2.45, 2.75) is 25.7 Å². The molecule has 7 nitrogen and oxygen atoms in total. The van der Waals surface area contributed by atoms with Crippen LogP contribution in [0.25, 0.3) is 16.8 Å². The van der Waals surface area contributed by atoms with Crippen LogP contribution in [0.5, 0.6) is 5.75 Å². The topological polar surface area (TPSA) is 72.6 Å². The van der Waals surface area contributed by atoms with E-state index in [2.05, 4.69) is 4.98 Å². The number of hydrogen-bond acceptors (Lipinski definition) is 5. The summed E-state index contributed by atoms with van der Waals surface area (Å²) in [7, 11) is 1.67. The molecule has 0 bridgehead atoms. The van der Waals surface area contributed by atoms with Crippen LogP contribution < -0.4 is 4.74 Å². The lowest BCUT2D eigenvalue weighted by Crippen LogP contribution is -2.39. The molecule has 1 fully saturated rings. The second kappa shape index (κ2) is 8.42. The molecule has 5 rings (SSSR count). The van der Waals surface area contributed by atoms with Gasteiger partial charge in [0.25, 0.3) is 5.91 Å². The van der Waals surface area contributed by atoms with E-state index in [1.807, 2.05) is 65.0 Å². The lowest BCUT2D eigenvalue weighted by atomic mass is 9.97. The van der Waals surface area contributed by atoms with Gasteiger partial charge in [-0.3, -0.25) is 9.78 Å². The van der Waals surface area contributed by atoms with Gasteiger partial charge in [-0.25, -0.2) is 9.50 Å². The molecule has 1 atom stereocenters. The number of pyridine rings is 2. The summed E-state index contributed by atoms with van der Waals surface area (Å²) in [6.07, 6.45) is 5.61. The molecular formula is C25H25N5O2. The number of aromatic nitrogens is 4. The molecule has 0 radical (unpaired) electrons. The predicted molar refractivity (Wildman–Crippen MR) is 122 cm³/mol. The minimum absolute atomic E-state index is 0.0289. The third-order valence-electron chi connectivity index (χ3n) is 5.95. The van der Waals surface area contributed by atoms with E-state index in [4.69, 9.17) is 14.8 Å². The first-order chi connectivity index (χ1) is 15.6. The van der Waals surface area contributed by atoms with Crippen LogP contribution in [0.2, 0.25) is 0 Å². The summed E-state index contributed by atoms with van der Waals surface area (Å²) in [6, 6.07) is 15.7. The van der Waals surface area contributed by atoms with Gasteiger partial charge in [-0.05, 0) is 61.2 Å². The maximum absolute atomic E-state index is 12.9. The van der Waals surface area contributed by atoms with Crippen LogP contribution in [0.4, 0.5) is 0 Å². The summed E-state index contributed by atoms with van der Waals surface area (Å²) in [6.45, 7) is 3.30. The SMILES string of the molecule is COc1cccc(-c2ccc3nc([C@H]4CCCN(C(=O)c5ccc(C)cn5)C4)nn3c2)c1. The zero-order valence-electron chi connectivity index (χ0n) is 18.2. The molecule has 1 aliphatic heterocycles. The third kappa shape index (κ3) is 3.93. The van der Waals surface area contributed by atoms with Gasteiger partial charge in [0, 0.05) is 37.0 Å². The van der Waals surface area contributed by atoms with E-state index >= 15 is 0 Å². The number of carbonyl (C=O) groups is 1. The number of amides is 1. The van der Waals surface area contributed by atoms with E-state index in [0.717, 1.165) is 53.3 Å². The van der Waals surface area contributed by atoms with Gasteiger partial charge < -0.3 is 9.64 Å². The lowest BCUT2D eigenvalue weighted by Gasteiger charge is -2.31. The smallest absolute Gasteiger partial charge is 0.272 e. The monoisotopic (exact) mass is 427 g/mol. The number of hydrogen-bond donors (Lipinski definition) is 0. The number of rotatable bonds is 4. The minimum Gasteiger partial charge on any atom is -0.497 e. The summed E-state index contributed by atoms with van der Waals surface area (Å²) in [5.41, 5.74) is 4.43. The van der Waals surface area contributed by atoms with Crippen molar-refractivity contribution in [2.24, 2.45) is 0 Å². The van der Waals surface area contributed by atoms with Crippen LogP contribution in [0.1, 0.15) is 40.6 Å². The van der Waals surface area contributed by atoms with Gasteiger partial charge in [-0.1, -0.05) is 18.2 Å². The van der Waals surface area contributed by atoms with Gasteiger partial charge in [-0.2, -0.15) is 5.10 Å². The van der Waals surface area contributed by atoms with Gasteiger partial charge in [0.1, 0.15) is 11.4 Å². The maximum atomic E-state index is 12.9. The number of carbonyl (C=O) groups excluding carboxylic acids is 1. The summed E-state index contributed by atoms with van der Waals surface area (Å²) in [5.74, 6) is 1.68. The van der Waals surface area contributed by atoms with Crippen molar-refractivity contribution in [1.82, 2.24) is 24.5 Å². The Morgan fingerprint density at radius 1 is 1.12 bits per heavy atom. The van der Waals surface area contributed by atoms with E-state index in [9.17, 15) is 4.79 Å². The first-order valence-electron chi connectivity index (χ1n) is 10.8. The van der Waals surface area contributed by atoms with E-state index in [1.165, 1.54) is 0 Å². The molecule has 4 heterocycles. The quantitative estimate of drug-likeness (QED) is 0.490. The number of nitrogens with zero attached hydrogens (tertiary/aromatic N) is 5. The maximum Gasteiger partial charge on any atom is 0.272 e. The molecule has 162 valence electrons. The number of fused-ring (bicyclic) bond motifs is 1. The predicted octanol–water partition coefficient (Wildman–Crippen LogP) is 4.13. The first-order valence-corrected chi connectivity index (χ1v) is 10.8. The molecule has 0 N–H and O–H groups in total.